The summed E-state index contributed by atoms with van der Waals surface area (Å²) in [6.07, 6.45) is 0. The highest BCUT2D eigenvalue weighted by atomic mass is 19.1. The summed E-state index contributed by atoms with van der Waals surface area (Å²) in [6.45, 7) is 5.80. The van der Waals surface area contributed by atoms with Crippen molar-refractivity contribution in [3.05, 3.63) is 29.6 Å². The molecule has 2 N–H and O–H groups in total. The molecule has 0 amide bonds. The van der Waals surface area contributed by atoms with Crippen LogP contribution in [-0.4, -0.2) is 36.7 Å². The van der Waals surface area contributed by atoms with Crippen molar-refractivity contribution < 1.29 is 9.50 Å². The largest absolute Gasteiger partial charge is 0.508 e. The summed E-state index contributed by atoms with van der Waals surface area (Å²) in [4.78, 5) is 2.13. The first-order valence-electron chi connectivity index (χ1n) is 6.25. The second-order valence-corrected chi connectivity index (χ2v) is 5.31. The van der Waals surface area contributed by atoms with Crippen molar-refractivity contribution in [3.8, 4) is 5.75 Å². The van der Waals surface area contributed by atoms with Crippen LogP contribution in [0.25, 0.3) is 0 Å². The topological polar surface area (TPSA) is 35.5 Å². The monoisotopic (exact) mass is 254 g/mol. The second kappa shape index (κ2) is 6.71. The number of nitrogens with zero attached hydrogens (tertiary/aromatic N) is 1. The van der Waals surface area contributed by atoms with E-state index in [-0.39, 0.29) is 5.75 Å². The van der Waals surface area contributed by atoms with E-state index in [1.165, 1.54) is 6.07 Å². The number of nitrogens with one attached hydrogen (secondary N) is 1. The Morgan fingerprint density at radius 2 is 1.94 bits per heavy atom. The van der Waals surface area contributed by atoms with Crippen LogP contribution in [0.5, 0.6) is 5.75 Å². The molecule has 0 aliphatic heterocycles. The molecule has 0 aromatic heterocycles. The molecule has 0 radical (unpaired) electrons. The van der Waals surface area contributed by atoms with Gasteiger partial charge in [-0.3, -0.25) is 0 Å². The highest BCUT2D eigenvalue weighted by Gasteiger charge is 2.13. The van der Waals surface area contributed by atoms with E-state index >= 15 is 0 Å². The Bertz CT molecular complexity index is 360. The molecule has 0 spiro atoms. The molecule has 0 aliphatic carbocycles. The predicted molar refractivity (Wildman–Crippen MR) is 72.1 cm³/mol. The van der Waals surface area contributed by atoms with Gasteiger partial charge in [0.05, 0.1) is 0 Å². The SMILES string of the molecule is CC(C)C(CN(C)C)NCc1cc(O)cc(F)c1. The fraction of sp³-hybridized carbons (Fsp3) is 0.571. The Balaban J connectivity index is 2.61. The van der Waals surface area contributed by atoms with Crippen LogP contribution in [0.3, 0.4) is 0 Å². The standard InChI is InChI=1S/C14H23FN2O/c1-10(2)14(9-17(3)4)16-8-11-5-12(15)7-13(18)6-11/h5-7,10,14,16,18H,8-9H2,1-4H3. The number of hydrogen-bond acceptors (Lipinski definition) is 3. The maximum absolute atomic E-state index is 13.1. The molecule has 0 saturated carbocycles. The van der Waals surface area contributed by atoms with Gasteiger partial charge in [0.25, 0.3) is 0 Å². The van der Waals surface area contributed by atoms with Crippen LogP contribution in [0, 0.1) is 11.7 Å². The van der Waals surface area contributed by atoms with Crippen LogP contribution >= 0.6 is 0 Å². The van der Waals surface area contributed by atoms with Crippen LogP contribution in [-0.2, 0) is 6.54 Å². The van der Waals surface area contributed by atoms with Gasteiger partial charge in [0.2, 0.25) is 0 Å². The first-order valence-corrected chi connectivity index (χ1v) is 6.25. The third-order valence-corrected chi connectivity index (χ3v) is 2.88. The van der Waals surface area contributed by atoms with Gasteiger partial charge in [0, 0.05) is 25.2 Å². The molecule has 1 rings (SSSR count). The van der Waals surface area contributed by atoms with Crippen LogP contribution < -0.4 is 5.32 Å². The molecule has 0 bridgehead atoms. The molecule has 1 unspecified atom stereocenters. The molecule has 1 atom stereocenters. The lowest BCUT2D eigenvalue weighted by molar-refractivity contribution is 0.288. The molecule has 102 valence electrons. The first-order chi connectivity index (χ1) is 8.38. The zero-order valence-corrected chi connectivity index (χ0v) is 11.6. The molecular formula is C14H23FN2O. The van der Waals surface area contributed by atoms with E-state index in [1.54, 1.807) is 6.07 Å². The number of phenols is 1. The van der Waals surface area contributed by atoms with Crippen LogP contribution in [0.4, 0.5) is 4.39 Å². The van der Waals surface area contributed by atoms with Crippen molar-refractivity contribution in [1.82, 2.24) is 10.2 Å². The van der Waals surface area contributed by atoms with Crippen molar-refractivity contribution in [2.75, 3.05) is 20.6 Å². The Morgan fingerprint density at radius 3 is 2.44 bits per heavy atom. The third kappa shape index (κ3) is 5.02. The summed E-state index contributed by atoms with van der Waals surface area (Å²) in [6, 6.07) is 4.48. The third-order valence-electron chi connectivity index (χ3n) is 2.88. The van der Waals surface area contributed by atoms with Gasteiger partial charge < -0.3 is 15.3 Å². The van der Waals surface area contributed by atoms with E-state index in [0.717, 1.165) is 18.2 Å². The number of halogens is 1. The van der Waals surface area contributed by atoms with Crippen LogP contribution in [0.2, 0.25) is 0 Å². The number of hydrogen-bond donors (Lipinski definition) is 2. The van der Waals surface area contributed by atoms with Gasteiger partial charge in [-0.25, -0.2) is 4.39 Å². The van der Waals surface area contributed by atoms with E-state index in [9.17, 15) is 9.50 Å². The summed E-state index contributed by atoms with van der Waals surface area (Å²) in [5, 5.41) is 12.7. The van der Waals surface area contributed by atoms with Gasteiger partial charge >= 0.3 is 0 Å². The normalized spacial score (nSPS) is 13.3. The van der Waals surface area contributed by atoms with Crippen molar-refractivity contribution in [3.63, 3.8) is 0 Å². The minimum absolute atomic E-state index is 0.0273. The van der Waals surface area contributed by atoms with Crippen LogP contribution in [0.15, 0.2) is 18.2 Å². The smallest absolute Gasteiger partial charge is 0.127 e. The molecular weight excluding hydrogens is 231 g/mol. The zero-order valence-electron chi connectivity index (χ0n) is 11.6. The van der Waals surface area contributed by atoms with Crippen molar-refractivity contribution >= 4 is 0 Å². The average Bonchev–Trinajstić information content (AvgIpc) is 2.21. The van der Waals surface area contributed by atoms with Gasteiger partial charge in [-0.05, 0) is 37.7 Å². The summed E-state index contributed by atoms with van der Waals surface area (Å²) < 4.78 is 13.1. The van der Waals surface area contributed by atoms with Crippen molar-refractivity contribution in [2.45, 2.75) is 26.4 Å². The van der Waals surface area contributed by atoms with E-state index in [2.05, 4.69) is 24.1 Å². The summed E-state index contributed by atoms with van der Waals surface area (Å²) in [5.41, 5.74) is 0.761. The van der Waals surface area contributed by atoms with Crippen LogP contribution in [0.1, 0.15) is 19.4 Å². The Labute approximate surface area is 109 Å². The summed E-state index contributed by atoms with van der Waals surface area (Å²) in [5.74, 6) is 0.0653. The van der Waals surface area contributed by atoms with Gasteiger partial charge in [0.15, 0.2) is 0 Å². The fourth-order valence-corrected chi connectivity index (χ4v) is 1.89. The quantitative estimate of drug-likeness (QED) is 0.817. The predicted octanol–water partition coefficient (Wildman–Crippen LogP) is 2.21. The molecule has 4 heteroatoms. The lowest BCUT2D eigenvalue weighted by Crippen LogP contribution is -2.41. The highest BCUT2D eigenvalue weighted by Crippen LogP contribution is 2.15. The maximum atomic E-state index is 13.1. The summed E-state index contributed by atoms with van der Waals surface area (Å²) in [7, 11) is 4.07. The number of phenolic OH excluding ortho intramolecular Hbond substituents is 1. The number of rotatable bonds is 6. The van der Waals surface area contributed by atoms with Gasteiger partial charge in [-0.1, -0.05) is 13.8 Å². The molecule has 1 aromatic rings. The first kappa shape index (κ1) is 14.9. The lowest BCUT2D eigenvalue weighted by atomic mass is 10.0. The van der Waals surface area contributed by atoms with Gasteiger partial charge in [-0.15, -0.1) is 0 Å². The Kier molecular flexibility index (Phi) is 5.56. The Morgan fingerprint density at radius 1 is 1.28 bits per heavy atom. The number of likely N-dealkylation sites (N-methyl/N-ethyl adjacent to an activating group) is 1. The molecule has 0 aliphatic rings. The summed E-state index contributed by atoms with van der Waals surface area (Å²) >= 11 is 0. The number of aromatic hydroxyl groups is 1. The van der Waals surface area contributed by atoms with E-state index in [0.29, 0.717) is 18.5 Å². The lowest BCUT2D eigenvalue weighted by Gasteiger charge is -2.25. The minimum atomic E-state index is -0.402. The second-order valence-electron chi connectivity index (χ2n) is 5.31. The molecule has 0 heterocycles. The van der Waals surface area contributed by atoms with E-state index in [4.69, 9.17) is 0 Å². The Hall–Kier alpha value is -1.13. The van der Waals surface area contributed by atoms with Gasteiger partial charge in [-0.2, -0.15) is 0 Å². The average molecular weight is 254 g/mol. The van der Waals surface area contributed by atoms with Gasteiger partial charge in [0.1, 0.15) is 11.6 Å². The molecule has 0 fully saturated rings. The maximum Gasteiger partial charge on any atom is 0.127 e. The van der Waals surface area contributed by atoms with Crippen molar-refractivity contribution in [2.24, 2.45) is 5.92 Å². The van der Waals surface area contributed by atoms with Crippen molar-refractivity contribution in [1.29, 1.82) is 0 Å². The number of benzene rings is 1. The van der Waals surface area contributed by atoms with E-state index < -0.39 is 5.82 Å². The molecule has 3 nitrogen and oxygen atoms in total. The van der Waals surface area contributed by atoms with E-state index in [1.807, 2.05) is 14.1 Å². The molecule has 0 saturated heterocycles. The molecule has 1 aromatic carbocycles. The highest BCUT2D eigenvalue weighted by molar-refractivity contribution is 5.28. The zero-order chi connectivity index (χ0) is 13.7. The molecule has 18 heavy (non-hydrogen) atoms. The fourth-order valence-electron chi connectivity index (χ4n) is 1.89. The minimum Gasteiger partial charge on any atom is -0.508 e.